The van der Waals surface area contributed by atoms with Crippen LogP contribution in [-0.2, 0) is 13.5 Å². The highest BCUT2D eigenvalue weighted by atomic mass is 16.5. The van der Waals surface area contributed by atoms with E-state index in [0.29, 0.717) is 6.54 Å². The van der Waals surface area contributed by atoms with Crippen molar-refractivity contribution in [1.82, 2.24) is 4.74 Å². The summed E-state index contributed by atoms with van der Waals surface area (Å²) in [4.78, 5) is 10.7. The van der Waals surface area contributed by atoms with Crippen molar-refractivity contribution in [1.29, 1.82) is 0 Å². The Labute approximate surface area is 64.6 Å². The lowest BCUT2D eigenvalue weighted by atomic mass is 10.2. The molecule has 0 spiro atoms. The highest BCUT2D eigenvalue weighted by Crippen LogP contribution is 1.97. The summed E-state index contributed by atoms with van der Waals surface area (Å²) in [6.07, 6.45) is 1.69. The molecule has 2 N–H and O–H groups in total. The molecule has 1 aromatic heterocycles. The van der Waals surface area contributed by atoms with Gasteiger partial charge in [-0.1, -0.05) is 0 Å². The molecule has 0 aromatic carbocycles. The van der Waals surface area contributed by atoms with E-state index in [1.807, 2.05) is 0 Å². The lowest BCUT2D eigenvalue weighted by Gasteiger charge is -1.96. The normalized spacial score (nSPS) is 10.4. The summed E-state index contributed by atoms with van der Waals surface area (Å²) in [7, 11) is 1.72. The minimum atomic E-state index is -0.292. The number of nitrogens with two attached hydrogens (primary N) is 1. The Kier molecular flexibility index (Phi) is 2.48. The van der Waals surface area contributed by atoms with Crippen molar-refractivity contribution in [2.45, 2.75) is 12.8 Å². The van der Waals surface area contributed by atoms with Crippen LogP contribution in [0.1, 0.15) is 12.1 Å². The lowest BCUT2D eigenvalue weighted by Crippen LogP contribution is -2.02. The van der Waals surface area contributed by atoms with Crippen LogP contribution in [0.3, 0.4) is 0 Å². The van der Waals surface area contributed by atoms with E-state index in [2.05, 4.69) is 0 Å². The molecule has 0 bridgehead atoms. The summed E-state index contributed by atoms with van der Waals surface area (Å²) in [5.74, 6) is 0. The third-order valence-corrected chi connectivity index (χ3v) is 1.55. The topological polar surface area (TPSA) is 61.2 Å². The third kappa shape index (κ3) is 1.94. The summed E-state index contributed by atoms with van der Waals surface area (Å²) in [5, 5.41) is 0. The Balaban J connectivity index is 2.69. The quantitative estimate of drug-likeness (QED) is 0.663. The number of hydrogen-bond acceptors (Lipinski definition) is 3. The van der Waals surface area contributed by atoms with E-state index < -0.39 is 0 Å². The number of aryl methyl sites for hydroxylation is 2. The predicted molar refractivity (Wildman–Crippen MR) is 41.3 cm³/mol. The van der Waals surface area contributed by atoms with E-state index in [1.54, 1.807) is 7.05 Å². The fourth-order valence-electron chi connectivity index (χ4n) is 0.960. The van der Waals surface area contributed by atoms with Crippen molar-refractivity contribution < 1.29 is 4.52 Å². The maximum Gasteiger partial charge on any atom is 0.357 e. The summed E-state index contributed by atoms with van der Waals surface area (Å²) in [5.41, 5.74) is 5.93. The molecule has 1 rings (SSSR count). The molecule has 0 radical (unpaired) electrons. The first-order valence-corrected chi connectivity index (χ1v) is 3.60. The van der Waals surface area contributed by atoms with E-state index in [4.69, 9.17) is 10.3 Å². The van der Waals surface area contributed by atoms with Crippen LogP contribution in [0.5, 0.6) is 0 Å². The van der Waals surface area contributed by atoms with E-state index >= 15 is 0 Å². The predicted octanol–water partition coefficient (Wildman–Crippen LogP) is -0.130. The first-order valence-electron chi connectivity index (χ1n) is 3.60. The van der Waals surface area contributed by atoms with E-state index in [1.165, 1.54) is 10.8 Å². The third-order valence-electron chi connectivity index (χ3n) is 1.55. The van der Waals surface area contributed by atoms with Crippen LogP contribution >= 0.6 is 0 Å². The number of nitrogens with zero attached hydrogens (tertiary/aromatic N) is 1. The van der Waals surface area contributed by atoms with Crippen molar-refractivity contribution in [3.63, 3.8) is 0 Å². The fourth-order valence-corrected chi connectivity index (χ4v) is 0.960. The summed E-state index contributed by atoms with van der Waals surface area (Å²) in [6, 6.07) is 1.50. The number of rotatable bonds is 3. The van der Waals surface area contributed by atoms with Crippen LogP contribution in [0.15, 0.2) is 15.4 Å². The van der Waals surface area contributed by atoms with Gasteiger partial charge in [0.2, 0.25) is 0 Å². The zero-order valence-electron chi connectivity index (χ0n) is 6.54. The monoisotopic (exact) mass is 156 g/mol. The van der Waals surface area contributed by atoms with Crippen molar-refractivity contribution >= 4 is 0 Å². The first kappa shape index (κ1) is 8.07. The molecule has 0 aliphatic carbocycles. The van der Waals surface area contributed by atoms with Gasteiger partial charge in [-0.15, -0.1) is 0 Å². The average molecular weight is 156 g/mol. The van der Waals surface area contributed by atoms with Crippen LogP contribution in [0.25, 0.3) is 0 Å². The van der Waals surface area contributed by atoms with Gasteiger partial charge in [0, 0.05) is 13.1 Å². The molecule has 0 amide bonds. The molecule has 0 atom stereocenters. The van der Waals surface area contributed by atoms with Gasteiger partial charge in [-0.3, -0.25) is 0 Å². The van der Waals surface area contributed by atoms with Gasteiger partial charge in [0.15, 0.2) is 0 Å². The van der Waals surface area contributed by atoms with Crippen molar-refractivity contribution in [3.8, 4) is 0 Å². The second-order valence-electron chi connectivity index (χ2n) is 2.44. The van der Waals surface area contributed by atoms with Crippen molar-refractivity contribution in [3.05, 3.63) is 22.2 Å². The minimum Gasteiger partial charge on any atom is -0.337 e. The van der Waals surface area contributed by atoms with Gasteiger partial charge in [0.25, 0.3) is 0 Å². The molecular weight excluding hydrogens is 144 g/mol. The van der Waals surface area contributed by atoms with Crippen LogP contribution in [0, 0.1) is 0 Å². The van der Waals surface area contributed by atoms with Gasteiger partial charge in [0.05, 0.1) is 5.69 Å². The Bertz CT molecular complexity index is 274. The van der Waals surface area contributed by atoms with Crippen LogP contribution in [0.2, 0.25) is 0 Å². The number of aromatic nitrogens is 1. The maximum absolute atomic E-state index is 10.7. The van der Waals surface area contributed by atoms with Crippen molar-refractivity contribution in [2.24, 2.45) is 12.8 Å². The fraction of sp³-hybridized carbons (Fsp3) is 0.571. The minimum absolute atomic E-state index is 0.292. The molecule has 1 aromatic rings. The molecule has 0 aliphatic rings. The Morgan fingerprint density at radius 2 is 2.45 bits per heavy atom. The molecule has 62 valence electrons. The van der Waals surface area contributed by atoms with Gasteiger partial charge >= 0.3 is 5.63 Å². The summed E-state index contributed by atoms with van der Waals surface area (Å²) >= 11 is 0. The van der Waals surface area contributed by atoms with Crippen LogP contribution in [0.4, 0.5) is 0 Å². The van der Waals surface area contributed by atoms with E-state index in [0.717, 1.165) is 18.5 Å². The standard InChI is InChI=1S/C7H12N2O2/c1-9-6(3-2-4-8)5-7(10)11-9/h5H,2-4,8H2,1H3. The van der Waals surface area contributed by atoms with Gasteiger partial charge in [-0.25, -0.2) is 9.53 Å². The molecule has 0 unspecified atom stereocenters. The molecule has 1 heterocycles. The van der Waals surface area contributed by atoms with Crippen molar-refractivity contribution in [2.75, 3.05) is 6.54 Å². The molecule has 11 heavy (non-hydrogen) atoms. The SMILES string of the molecule is Cn1oc(=O)cc1CCCN. The molecule has 0 saturated carbocycles. The molecule has 4 nitrogen and oxygen atoms in total. The second kappa shape index (κ2) is 3.39. The van der Waals surface area contributed by atoms with Gasteiger partial charge in [-0.2, -0.15) is 0 Å². The van der Waals surface area contributed by atoms with E-state index in [-0.39, 0.29) is 5.63 Å². The van der Waals surface area contributed by atoms with Gasteiger partial charge in [0.1, 0.15) is 0 Å². The Morgan fingerprint density at radius 3 is 2.91 bits per heavy atom. The average Bonchev–Trinajstić information content (AvgIpc) is 2.26. The molecule has 4 heteroatoms. The summed E-state index contributed by atoms with van der Waals surface area (Å²) in [6.45, 7) is 0.638. The highest BCUT2D eigenvalue weighted by molar-refractivity contribution is 4.97. The largest absolute Gasteiger partial charge is 0.357 e. The second-order valence-corrected chi connectivity index (χ2v) is 2.44. The molecular formula is C7H12N2O2. The Hall–Kier alpha value is -1.03. The maximum atomic E-state index is 10.7. The zero-order valence-corrected chi connectivity index (χ0v) is 6.54. The smallest absolute Gasteiger partial charge is 0.337 e. The molecule has 0 fully saturated rings. The van der Waals surface area contributed by atoms with Gasteiger partial charge in [-0.05, 0) is 19.4 Å². The number of hydrogen-bond donors (Lipinski definition) is 1. The molecule has 0 saturated heterocycles. The highest BCUT2D eigenvalue weighted by Gasteiger charge is 2.00. The van der Waals surface area contributed by atoms with E-state index in [9.17, 15) is 4.79 Å². The Morgan fingerprint density at radius 1 is 1.73 bits per heavy atom. The van der Waals surface area contributed by atoms with Gasteiger partial charge < -0.3 is 10.3 Å². The molecule has 0 aliphatic heterocycles. The lowest BCUT2D eigenvalue weighted by molar-refractivity contribution is 0.276. The van der Waals surface area contributed by atoms with Crippen LogP contribution in [-0.4, -0.2) is 11.3 Å². The zero-order chi connectivity index (χ0) is 8.27. The first-order chi connectivity index (χ1) is 5.24. The summed E-state index contributed by atoms with van der Waals surface area (Å²) < 4.78 is 6.22. The van der Waals surface area contributed by atoms with Crippen LogP contribution < -0.4 is 11.4 Å².